The molecule has 1 aromatic carbocycles. The lowest BCUT2D eigenvalue weighted by Gasteiger charge is -2.17. The Balaban J connectivity index is 2.44. The van der Waals surface area contributed by atoms with Crippen molar-refractivity contribution in [2.45, 2.75) is 18.9 Å². The molecule has 0 saturated carbocycles. The first kappa shape index (κ1) is 13.8. The minimum Gasteiger partial charge on any atom is -0.366 e. The third kappa shape index (κ3) is 3.43. The lowest BCUT2D eigenvalue weighted by atomic mass is 10.1. The first-order valence-corrected chi connectivity index (χ1v) is 6.60. The molecule has 0 spiro atoms. The van der Waals surface area contributed by atoms with Crippen LogP contribution in [0, 0.1) is 0 Å². The molecule has 0 radical (unpaired) electrons. The largest absolute Gasteiger partial charge is 0.366 e. The van der Waals surface area contributed by atoms with Crippen LogP contribution in [0.5, 0.6) is 0 Å². The Labute approximate surface area is 116 Å². The van der Waals surface area contributed by atoms with E-state index in [1.807, 2.05) is 37.3 Å². The Morgan fingerprint density at radius 2 is 2.11 bits per heavy atom. The van der Waals surface area contributed by atoms with Crippen molar-refractivity contribution in [3.8, 4) is 0 Å². The normalized spacial score (nSPS) is 12.3. The van der Waals surface area contributed by atoms with E-state index in [-0.39, 0.29) is 17.5 Å². The van der Waals surface area contributed by atoms with E-state index in [0.717, 1.165) is 5.56 Å². The summed E-state index contributed by atoms with van der Waals surface area (Å²) in [7, 11) is 0. The Bertz CT molecular complexity index is 583. The topological polar surface area (TPSA) is 55.0 Å². The molecule has 1 unspecified atom stereocenters. The molecule has 0 aliphatic heterocycles. The smallest absolute Gasteiger partial charge is 0.251 e. The Hall–Kier alpha value is -1.65. The second-order valence-electron chi connectivity index (χ2n) is 4.00. The van der Waals surface area contributed by atoms with Crippen molar-refractivity contribution < 1.29 is 4.74 Å². The van der Waals surface area contributed by atoms with Gasteiger partial charge in [-0.1, -0.05) is 30.3 Å². The standard InChI is InChI=1S/C14H15ClN2O2/c1-2-19-13(10-6-4-3-5-7-10)14-16-11(9-15)8-12(18)17-14/h3-8,13H,2,9H2,1H3,(H,16,17,18). The van der Waals surface area contributed by atoms with Gasteiger partial charge in [0.25, 0.3) is 5.56 Å². The number of rotatable bonds is 5. The molecular formula is C14H15ClN2O2. The van der Waals surface area contributed by atoms with Gasteiger partial charge in [0.05, 0.1) is 11.6 Å². The number of H-pyrrole nitrogens is 1. The molecule has 0 saturated heterocycles. The van der Waals surface area contributed by atoms with Crippen molar-refractivity contribution in [3.05, 3.63) is 63.8 Å². The molecule has 0 aliphatic carbocycles. The van der Waals surface area contributed by atoms with Gasteiger partial charge in [0.2, 0.25) is 0 Å². The molecule has 1 N–H and O–H groups in total. The van der Waals surface area contributed by atoms with E-state index in [0.29, 0.717) is 18.1 Å². The Morgan fingerprint density at radius 1 is 1.37 bits per heavy atom. The molecule has 0 aliphatic rings. The van der Waals surface area contributed by atoms with Gasteiger partial charge in [0, 0.05) is 12.7 Å². The van der Waals surface area contributed by atoms with E-state index >= 15 is 0 Å². The van der Waals surface area contributed by atoms with Crippen LogP contribution in [0.15, 0.2) is 41.2 Å². The van der Waals surface area contributed by atoms with E-state index in [2.05, 4.69) is 9.97 Å². The monoisotopic (exact) mass is 278 g/mol. The maximum Gasteiger partial charge on any atom is 0.251 e. The van der Waals surface area contributed by atoms with Gasteiger partial charge in [0.15, 0.2) is 0 Å². The highest BCUT2D eigenvalue weighted by Crippen LogP contribution is 2.22. The molecule has 0 fully saturated rings. The van der Waals surface area contributed by atoms with Gasteiger partial charge in [-0.3, -0.25) is 4.79 Å². The number of hydrogen-bond acceptors (Lipinski definition) is 3. The molecule has 4 nitrogen and oxygen atoms in total. The van der Waals surface area contributed by atoms with Gasteiger partial charge in [-0.05, 0) is 12.5 Å². The van der Waals surface area contributed by atoms with E-state index in [9.17, 15) is 4.79 Å². The molecular weight excluding hydrogens is 264 g/mol. The van der Waals surface area contributed by atoms with E-state index < -0.39 is 0 Å². The summed E-state index contributed by atoms with van der Waals surface area (Å²) in [5.74, 6) is 0.682. The average Bonchev–Trinajstić information content (AvgIpc) is 2.45. The molecule has 0 amide bonds. The van der Waals surface area contributed by atoms with Crippen LogP contribution in [0.3, 0.4) is 0 Å². The molecule has 0 bridgehead atoms. The highest BCUT2D eigenvalue weighted by Gasteiger charge is 2.17. The van der Waals surface area contributed by atoms with Crippen LogP contribution < -0.4 is 5.56 Å². The molecule has 1 aromatic heterocycles. The highest BCUT2D eigenvalue weighted by atomic mass is 35.5. The zero-order valence-electron chi connectivity index (χ0n) is 10.6. The fraction of sp³-hybridized carbons (Fsp3) is 0.286. The van der Waals surface area contributed by atoms with E-state index in [1.165, 1.54) is 6.07 Å². The summed E-state index contributed by atoms with van der Waals surface area (Å²) in [6, 6.07) is 11.0. The quantitative estimate of drug-likeness (QED) is 0.856. The average molecular weight is 279 g/mol. The van der Waals surface area contributed by atoms with Crippen molar-refractivity contribution in [1.82, 2.24) is 9.97 Å². The number of alkyl halides is 1. The summed E-state index contributed by atoms with van der Waals surface area (Å²) in [6.07, 6.45) is -0.387. The van der Waals surface area contributed by atoms with Crippen molar-refractivity contribution in [2.75, 3.05) is 6.61 Å². The van der Waals surface area contributed by atoms with Gasteiger partial charge in [-0.15, -0.1) is 11.6 Å². The number of nitrogens with one attached hydrogen (secondary N) is 1. The van der Waals surface area contributed by atoms with Crippen molar-refractivity contribution in [3.63, 3.8) is 0 Å². The van der Waals surface area contributed by atoms with Gasteiger partial charge in [0.1, 0.15) is 11.9 Å². The number of aromatic amines is 1. The molecule has 5 heteroatoms. The van der Waals surface area contributed by atoms with Gasteiger partial charge in [-0.2, -0.15) is 0 Å². The second-order valence-corrected chi connectivity index (χ2v) is 4.27. The summed E-state index contributed by atoms with van der Waals surface area (Å²) >= 11 is 5.74. The summed E-state index contributed by atoms with van der Waals surface area (Å²) in [5, 5.41) is 0. The molecule has 2 aromatic rings. The SMILES string of the molecule is CCOC(c1ccccc1)c1nc(CCl)cc(=O)[nH]1. The van der Waals surface area contributed by atoms with Crippen LogP contribution in [0.4, 0.5) is 0 Å². The number of aromatic nitrogens is 2. The Kier molecular flexibility index (Phi) is 4.71. The van der Waals surface area contributed by atoms with Crippen LogP contribution in [0.25, 0.3) is 0 Å². The molecule has 1 atom stereocenters. The van der Waals surface area contributed by atoms with E-state index in [1.54, 1.807) is 0 Å². The lowest BCUT2D eigenvalue weighted by Crippen LogP contribution is -2.18. The van der Waals surface area contributed by atoms with Crippen molar-refractivity contribution in [1.29, 1.82) is 0 Å². The predicted molar refractivity (Wildman–Crippen MR) is 74.3 cm³/mol. The number of ether oxygens (including phenoxy) is 1. The van der Waals surface area contributed by atoms with Gasteiger partial charge >= 0.3 is 0 Å². The van der Waals surface area contributed by atoms with Gasteiger partial charge < -0.3 is 9.72 Å². The minimum atomic E-state index is -0.387. The zero-order valence-corrected chi connectivity index (χ0v) is 11.4. The maximum absolute atomic E-state index is 11.6. The Morgan fingerprint density at radius 3 is 2.74 bits per heavy atom. The third-order valence-corrected chi connectivity index (χ3v) is 2.91. The summed E-state index contributed by atoms with van der Waals surface area (Å²) < 4.78 is 5.69. The lowest BCUT2D eigenvalue weighted by molar-refractivity contribution is 0.0848. The second kappa shape index (κ2) is 6.50. The predicted octanol–water partition coefficient (Wildman–Crippen LogP) is 2.63. The number of halogens is 1. The number of benzene rings is 1. The molecule has 100 valence electrons. The molecule has 1 heterocycles. The van der Waals surface area contributed by atoms with Crippen molar-refractivity contribution >= 4 is 11.6 Å². The fourth-order valence-electron chi connectivity index (χ4n) is 1.85. The molecule has 19 heavy (non-hydrogen) atoms. The first-order chi connectivity index (χ1) is 9.24. The fourth-order valence-corrected chi connectivity index (χ4v) is 1.99. The number of hydrogen-bond donors (Lipinski definition) is 1. The highest BCUT2D eigenvalue weighted by molar-refractivity contribution is 6.16. The summed E-state index contributed by atoms with van der Waals surface area (Å²) in [4.78, 5) is 18.7. The van der Waals surface area contributed by atoms with Crippen molar-refractivity contribution in [2.24, 2.45) is 0 Å². The number of nitrogens with zero attached hydrogens (tertiary/aromatic N) is 1. The zero-order chi connectivity index (χ0) is 13.7. The summed E-state index contributed by atoms with van der Waals surface area (Å²) in [5.41, 5.74) is 1.27. The molecule has 2 rings (SSSR count). The van der Waals surface area contributed by atoms with Gasteiger partial charge in [-0.25, -0.2) is 4.98 Å². The maximum atomic E-state index is 11.6. The van der Waals surface area contributed by atoms with Crippen LogP contribution in [-0.2, 0) is 10.6 Å². The van der Waals surface area contributed by atoms with Crippen LogP contribution in [-0.4, -0.2) is 16.6 Å². The first-order valence-electron chi connectivity index (χ1n) is 6.07. The minimum absolute atomic E-state index is 0.199. The summed E-state index contributed by atoms with van der Waals surface area (Å²) in [6.45, 7) is 2.42. The van der Waals surface area contributed by atoms with Crippen LogP contribution in [0.2, 0.25) is 0 Å². The van der Waals surface area contributed by atoms with Crippen LogP contribution >= 0.6 is 11.6 Å². The van der Waals surface area contributed by atoms with Crippen LogP contribution in [0.1, 0.15) is 30.1 Å². The third-order valence-electron chi connectivity index (χ3n) is 2.63. The van der Waals surface area contributed by atoms with E-state index in [4.69, 9.17) is 16.3 Å².